The maximum Gasteiger partial charge on any atom is 0.407 e. The van der Waals surface area contributed by atoms with Crippen LogP contribution in [0.4, 0.5) is 4.79 Å². The smallest absolute Gasteiger partial charge is 0.407 e. The molecule has 0 saturated heterocycles. The highest BCUT2D eigenvalue weighted by Gasteiger charge is 2.23. The molecule has 1 unspecified atom stereocenters. The zero-order valence-electron chi connectivity index (χ0n) is 12.7. The van der Waals surface area contributed by atoms with Crippen molar-refractivity contribution in [2.24, 2.45) is 5.92 Å². The predicted molar refractivity (Wildman–Crippen MR) is 79.6 cm³/mol. The second-order valence-electron chi connectivity index (χ2n) is 6.10. The molecule has 1 aromatic rings. The van der Waals surface area contributed by atoms with E-state index in [2.05, 4.69) is 5.32 Å². The molecule has 0 aromatic heterocycles. The van der Waals surface area contributed by atoms with Crippen molar-refractivity contribution in [3.8, 4) is 0 Å². The lowest BCUT2D eigenvalue weighted by Gasteiger charge is -2.26. The first kappa shape index (κ1) is 16.5. The van der Waals surface area contributed by atoms with E-state index in [1.165, 1.54) is 0 Å². The summed E-state index contributed by atoms with van der Waals surface area (Å²) >= 11 is 0. The fourth-order valence-corrected chi connectivity index (χ4v) is 1.85. The molecule has 4 nitrogen and oxygen atoms in total. The Morgan fingerprint density at radius 1 is 1.30 bits per heavy atom. The minimum absolute atomic E-state index is 0.0211. The summed E-state index contributed by atoms with van der Waals surface area (Å²) in [6, 6.07) is 9.74. The van der Waals surface area contributed by atoms with Gasteiger partial charge in [0.15, 0.2) is 0 Å². The first-order valence-electron chi connectivity index (χ1n) is 6.96. The molecule has 2 atom stereocenters. The molecule has 0 fully saturated rings. The second kappa shape index (κ2) is 7.29. The van der Waals surface area contributed by atoms with Crippen molar-refractivity contribution in [2.75, 3.05) is 6.61 Å². The number of carbonyl (C=O) groups excluding carboxylic acids is 1. The Kier molecular flexibility index (Phi) is 6.02. The molecule has 0 saturated carbocycles. The van der Waals surface area contributed by atoms with Gasteiger partial charge in [-0.25, -0.2) is 4.79 Å². The molecule has 0 spiro atoms. The summed E-state index contributed by atoms with van der Waals surface area (Å²) in [5.41, 5.74) is 0.595. The molecule has 0 aliphatic heterocycles. The summed E-state index contributed by atoms with van der Waals surface area (Å²) < 4.78 is 5.27. The quantitative estimate of drug-likeness (QED) is 0.871. The number of hydrogen-bond acceptors (Lipinski definition) is 3. The molecule has 1 amide bonds. The number of alkyl carbamates (subject to hydrolysis) is 1. The van der Waals surface area contributed by atoms with Gasteiger partial charge < -0.3 is 15.2 Å². The van der Waals surface area contributed by atoms with Crippen LogP contribution in [-0.4, -0.2) is 29.4 Å². The Bertz CT molecular complexity index is 411. The number of aliphatic hydroxyl groups is 1. The molecular weight excluding hydrogens is 254 g/mol. The van der Waals surface area contributed by atoms with Crippen molar-refractivity contribution in [3.05, 3.63) is 35.9 Å². The third kappa shape index (κ3) is 6.06. The Morgan fingerprint density at radius 3 is 2.40 bits per heavy atom. The van der Waals surface area contributed by atoms with Gasteiger partial charge >= 0.3 is 6.09 Å². The van der Waals surface area contributed by atoms with Crippen LogP contribution >= 0.6 is 0 Å². The normalized spacial score (nSPS) is 14.4. The fraction of sp³-hybridized carbons (Fsp3) is 0.562. The predicted octanol–water partition coefficient (Wildman–Crippen LogP) is 2.75. The minimum atomic E-state index is -0.524. The van der Waals surface area contributed by atoms with Gasteiger partial charge in [-0.15, -0.1) is 0 Å². The van der Waals surface area contributed by atoms with Crippen molar-refractivity contribution < 1.29 is 14.6 Å². The van der Waals surface area contributed by atoms with Crippen LogP contribution in [0.3, 0.4) is 0 Å². The van der Waals surface area contributed by atoms with E-state index in [-0.39, 0.29) is 18.6 Å². The van der Waals surface area contributed by atoms with Crippen molar-refractivity contribution in [3.63, 3.8) is 0 Å². The molecule has 2 N–H and O–H groups in total. The summed E-state index contributed by atoms with van der Waals surface area (Å²) in [4.78, 5) is 11.9. The van der Waals surface area contributed by atoms with Crippen molar-refractivity contribution in [1.29, 1.82) is 0 Å². The van der Waals surface area contributed by atoms with Crippen LogP contribution in [-0.2, 0) is 11.2 Å². The average Bonchev–Trinajstić information content (AvgIpc) is 2.36. The van der Waals surface area contributed by atoms with Gasteiger partial charge in [0.25, 0.3) is 0 Å². The fourth-order valence-electron chi connectivity index (χ4n) is 1.85. The first-order chi connectivity index (χ1) is 9.31. The van der Waals surface area contributed by atoms with Gasteiger partial charge in [-0.3, -0.25) is 0 Å². The molecule has 0 aliphatic rings. The molecule has 0 bridgehead atoms. The molecule has 0 heterocycles. The molecule has 20 heavy (non-hydrogen) atoms. The number of aliphatic hydroxyl groups excluding tert-OH is 1. The Balaban J connectivity index is 2.68. The lowest BCUT2D eigenvalue weighted by Crippen LogP contribution is -2.44. The summed E-state index contributed by atoms with van der Waals surface area (Å²) in [5.74, 6) is -0.0391. The Morgan fingerprint density at radius 2 is 1.90 bits per heavy atom. The summed E-state index contributed by atoms with van der Waals surface area (Å²) in [7, 11) is 0. The van der Waals surface area contributed by atoms with E-state index in [1.807, 2.05) is 58.0 Å². The monoisotopic (exact) mass is 279 g/mol. The molecular formula is C16H25NO3. The summed E-state index contributed by atoms with van der Waals surface area (Å²) in [6.07, 6.45) is 0.223. The van der Waals surface area contributed by atoms with Crippen LogP contribution in [0.15, 0.2) is 30.3 Å². The largest absolute Gasteiger partial charge is 0.444 e. The molecule has 112 valence electrons. The second-order valence-corrected chi connectivity index (χ2v) is 6.10. The third-order valence-corrected chi connectivity index (χ3v) is 2.98. The van der Waals surface area contributed by atoms with E-state index in [1.54, 1.807) is 0 Å². The minimum Gasteiger partial charge on any atom is -0.444 e. The maximum atomic E-state index is 11.9. The van der Waals surface area contributed by atoms with Crippen LogP contribution < -0.4 is 5.32 Å². The molecule has 0 radical (unpaired) electrons. The Labute approximate surface area is 121 Å². The zero-order valence-corrected chi connectivity index (χ0v) is 12.7. The molecule has 0 aliphatic carbocycles. The van der Waals surface area contributed by atoms with Crippen molar-refractivity contribution in [2.45, 2.75) is 45.8 Å². The van der Waals surface area contributed by atoms with E-state index in [4.69, 9.17) is 4.74 Å². The lowest BCUT2D eigenvalue weighted by atomic mass is 9.96. The number of ether oxygens (including phenoxy) is 1. The number of carbonyl (C=O) groups is 1. The van der Waals surface area contributed by atoms with Crippen LogP contribution in [0.2, 0.25) is 0 Å². The number of benzene rings is 1. The molecule has 1 rings (SSSR count). The van der Waals surface area contributed by atoms with Gasteiger partial charge in [-0.05, 0) is 38.7 Å². The molecule has 4 heteroatoms. The highest BCUT2D eigenvalue weighted by Crippen LogP contribution is 2.12. The van der Waals surface area contributed by atoms with E-state index in [0.717, 1.165) is 5.56 Å². The van der Waals surface area contributed by atoms with Gasteiger partial charge in [-0.2, -0.15) is 0 Å². The number of hydrogen-bond donors (Lipinski definition) is 2. The van der Waals surface area contributed by atoms with Gasteiger partial charge in [0, 0.05) is 12.6 Å². The van der Waals surface area contributed by atoms with Crippen LogP contribution in [0.5, 0.6) is 0 Å². The molecule has 1 aromatic carbocycles. The van der Waals surface area contributed by atoms with E-state index in [0.29, 0.717) is 6.42 Å². The number of amides is 1. The van der Waals surface area contributed by atoms with Gasteiger partial charge in [-0.1, -0.05) is 37.3 Å². The zero-order chi connectivity index (χ0) is 15.2. The van der Waals surface area contributed by atoms with Crippen LogP contribution in [0, 0.1) is 5.92 Å². The van der Waals surface area contributed by atoms with Crippen LogP contribution in [0.25, 0.3) is 0 Å². The summed E-state index contributed by atoms with van der Waals surface area (Å²) in [5, 5.41) is 12.2. The van der Waals surface area contributed by atoms with E-state index >= 15 is 0 Å². The van der Waals surface area contributed by atoms with Gasteiger partial charge in [0.2, 0.25) is 0 Å². The standard InChI is InChI=1S/C16H25NO3/c1-12(11-18)14(10-13-8-6-5-7-9-13)17-15(19)20-16(2,3)4/h5-9,12,14,18H,10-11H2,1-4H3,(H,17,19)/t12?,14-/m0/s1. The first-order valence-corrected chi connectivity index (χ1v) is 6.96. The Hall–Kier alpha value is -1.55. The van der Waals surface area contributed by atoms with Crippen LogP contribution in [0.1, 0.15) is 33.3 Å². The highest BCUT2D eigenvalue weighted by atomic mass is 16.6. The van der Waals surface area contributed by atoms with E-state index < -0.39 is 11.7 Å². The SMILES string of the molecule is CC(CO)[C@H](Cc1ccccc1)NC(=O)OC(C)(C)C. The third-order valence-electron chi connectivity index (χ3n) is 2.98. The number of rotatable bonds is 5. The maximum absolute atomic E-state index is 11.9. The van der Waals surface area contributed by atoms with Gasteiger partial charge in [0.1, 0.15) is 5.60 Å². The van der Waals surface area contributed by atoms with Gasteiger partial charge in [0.05, 0.1) is 0 Å². The topological polar surface area (TPSA) is 58.6 Å². The number of nitrogens with one attached hydrogen (secondary N) is 1. The summed E-state index contributed by atoms with van der Waals surface area (Å²) in [6.45, 7) is 7.41. The van der Waals surface area contributed by atoms with Crippen molar-refractivity contribution in [1.82, 2.24) is 5.32 Å². The highest BCUT2D eigenvalue weighted by molar-refractivity contribution is 5.68. The van der Waals surface area contributed by atoms with Crippen molar-refractivity contribution >= 4 is 6.09 Å². The average molecular weight is 279 g/mol. The lowest BCUT2D eigenvalue weighted by molar-refractivity contribution is 0.0476. The van der Waals surface area contributed by atoms with E-state index in [9.17, 15) is 9.90 Å².